The van der Waals surface area contributed by atoms with Crippen molar-refractivity contribution in [2.24, 2.45) is 11.7 Å². The summed E-state index contributed by atoms with van der Waals surface area (Å²) in [6.07, 6.45) is 5.83. The topological polar surface area (TPSA) is 101 Å². The van der Waals surface area contributed by atoms with Gasteiger partial charge in [0, 0.05) is 20.2 Å². The van der Waals surface area contributed by atoms with Crippen LogP contribution in [0.15, 0.2) is 12.4 Å². The SMILES string of the molecule is CC.CC1CCN(c2cncc(N)n2)CC1.CN.CO. The first kappa shape index (κ1) is 20.9. The van der Waals surface area contributed by atoms with E-state index >= 15 is 0 Å². The van der Waals surface area contributed by atoms with Crippen molar-refractivity contribution >= 4 is 11.6 Å². The van der Waals surface area contributed by atoms with Crippen LogP contribution in [0.4, 0.5) is 11.6 Å². The Hall–Kier alpha value is -1.40. The molecule has 1 aromatic heterocycles. The largest absolute Gasteiger partial charge is 0.400 e. The fraction of sp³-hybridized carbons (Fsp3) is 0.714. The van der Waals surface area contributed by atoms with Crippen molar-refractivity contribution in [3.8, 4) is 0 Å². The first-order valence-electron chi connectivity index (χ1n) is 7.10. The first-order chi connectivity index (χ1) is 9.75. The Bertz CT molecular complexity index is 314. The minimum atomic E-state index is 0.501. The predicted molar refractivity (Wildman–Crippen MR) is 86.7 cm³/mol. The van der Waals surface area contributed by atoms with Gasteiger partial charge in [0.15, 0.2) is 0 Å². The average molecular weight is 285 g/mol. The Balaban J connectivity index is 0. The second-order valence-electron chi connectivity index (χ2n) is 3.97. The summed E-state index contributed by atoms with van der Waals surface area (Å²) in [5, 5.41) is 7.00. The van der Waals surface area contributed by atoms with Crippen LogP contribution < -0.4 is 16.4 Å². The van der Waals surface area contributed by atoms with E-state index in [1.807, 2.05) is 13.8 Å². The van der Waals surface area contributed by atoms with Crippen molar-refractivity contribution in [3.63, 3.8) is 0 Å². The summed E-state index contributed by atoms with van der Waals surface area (Å²) in [6, 6.07) is 0. The van der Waals surface area contributed by atoms with Gasteiger partial charge < -0.3 is 21.5 Å². The van der Waals surface area contributed by atoms with Crippen LogP contribution in [-0.2, 0) is 0 Å². The number of hydrogen-bond donors (Lipinski definition) is 3. The van der Waals surface area contributed by atoms with Gasteiger partial charge in [0.25, 0.3) is 0 Å². The van der Waals surface area contributed by atoms with Crippen LogP contribution in [0.5, 0.6) is 0 Å². The lowest BCUT2D eigenvalue weighted by molar-refractivity contribution is 0.399. The van der Waals surface area contributed by atoms with Crippen molar-refractivity contribution in [3.05, 3.63) is 12.4 Å². The molecule has 1 aliphatic rings. The summed E-state index contributed by atoms with van der Waals surface area (Å²) in [5.41, 5.74) is 10.1. The lowest BCUT2D eigenvalue weighted by atomic mass is 9.99. The molecule has 0 aliphatic carbocycles. The van der Waals surface area contributed by atoms with Gasteiger partial charge in [-0.1, -0.05) is 20.8 Å². The number of piperidine rings is 1. The first-order valence-corrected chi connectivity index (χ1v) is 7.10. The Labute approximate surface area is 123 Å². The number of anilines is 2. The summed E-state index contributed by atoms with van der Waals surface area (Å²) in [5.74, 6) is 2.25. The minimum Gasteiger partial charge on any atom is -0.400 e. The number of rotatable bonds is 1. The molecule has 0 radical (unpaired) electrons. The van der Waals surface area contributed by atoms with Gasteiger partial charge >= 0.3 is 0 Å². The molecule has 5 N–H and O–H groups in total. The molecule has 1 fully saturated rings. The summed E-state index contributed by atoms with van der Waals surface area (Å²) in [4.78, 5) is 10.6. The number of nitrogens with zero attached hydrogens (tertiary/aromatic N) is 3. The van der Waals surface area contributed by atoms with E-state index in [4.69, 9.17) is 10.8 Å². The van der Waals surface area contributed by atoms with E-state index < -0.39 is 0 Å². The van der Waals surface area contributed by atoms with Gasteiger partial charge in [0.05, 0.1) is 12.4 Å². The zero-order valence-electron chi connectivity index (χ0n) is 13.5. The van der Waals surface area contributed by atoms with E-state index in [1.165, 1.54) is 19.9 Å². The Morgan fingerprint density at radius 2 is 1.65 bits per heavy atom. The molecule has 0 amide bonds. The van der Waals surface area contributed by atoms with Gasteiger partial charge in [-0.2, -0.15) is 0 Å². The fourth-order valence-corrected chi connectivity index (χ4v) is 1.76. The summed E-state index contributed by atoms with van der Waals surface area (Å²) >= 11 is 0. The third kappa shape index (κ3) is 7.91. The molecule has 6 nitrogen and oxygen atoms in total. The Kier molecular flexibility index (Phi) is 14.7. The molecule has 20 heavy (non-hydrogen) atoms. The van der Waals surface area contributed by atoms with Crippen LogP contribution >= 0.6 is 0 Å². The second-order valence-corrected chi connectivity index (χ2v) is 3.97. The minimum absolute atomic E-state index is 0.501. The molecule has 0 unspecified atom stereocenters. The number of hydrogen-bond acceptors (Lipinski definition) is 6. The molecule has 2 rings (SSSR count). The van der Waals surface area contributed by atoms with Crippen LogP contribution in [-0.4, -0.2) is 42.3 Å². The number of nitrogen functional groups attached to an aromatic ring is 1. The average Bonchev–Trinajstić information content (AvgIpc) is 2.54. The fourth-order valence-electron chi connectivity index (χ4n) is 1.76. The number of aromatic nitrogens is 2. The standard InChI is InChI=1S/C10H16N4.C2H6.CH5N.CH4O/c1-8-2-4-14(5-3-8)10-7-12-6-9(11)13-10;3*1-2/h6-8H,2-5H2,1H3,(H2,11,13);1-2H3;2H2,1H3;2H,1H3. The molecule has 0 aromatic carbocycles. The molecule has 0 bridgehead atoms. The quantitative estimate of drug-likeness (QED) is 0.723. The maximum absolute atomic E-state index is 7.00. The highest BCUT2D eigenvalue weighted by molar-refractivity contribution is 5.41. The van der Waals surface area contributed by atoms with E-state index in [0.717, 1.165) is 31.9 Å². The van der Waals surface area contributed by atoms with E-state index in [1.54, 1.807) is 12.4 Å². The molecule has 0 saturated carbocycles. The zero-order valence-corrected chi connectivity index (χ0v) is 13.5. The van der Waals surface area contributed by atoms with E-state index in [9.17, 15) is 0 Å². The van der Waals surface area contributed by atoms with Crippen LogP contribution in [0.2, 0.25) is 0 Å². The maximum Gasteiger partial charge on any atom is 0.149 e. The van der Waals surface area contributed by atoms with Gasteiger partial charge in [-0.3, -0.25) is 4.98 Å². The maximum atomic E-state index is 7.00. The molecular weight excluding hydrogens is 254 g/mol. The molecule has 1 saturated heterocycles. The Morgan fingerprint density at radius 1 is 1.15 bits per heavy atom. The number of aliphatic hydroxyl groups excluding tert-OH is 1. The van der Waals surface area contributed by atoms with E-state index in [-0.39, 0.29) is 0 Å². The van der Waals surface area contributed by atoms with Gasteiger partial charge in [0.2, 0.25) is 0 Å². The van der Waals surface area contributed by atoms with Crippen molar-refractivity contribution in [2.45, 2.75) is 33.6 Å². The third-order valence-electron chi connectivity index (χ3n) is 2.75. The van der Waals surface area contributed by atoms with Gasteiger partial charge in [0.1, 0.15) is 11.6 Å². The molecule has 6 heteroatoms. The molecule has 1 aliphatic heterocycles. The van der Waals surface area contributed by atoms with Crippen LogP contribution in [0, 0.1) is 5.92 Å². The highest BCUT2D eigenvalue weighted by atomic mass is 16.2. The molecular formula is C14H31N5O. The highest BCUT2D eigenvalue weighted by Gasteiger charge is 2.16. The van der Waals surface area contributed by atoms with Crippen LogP contribution in [0.3, 0.4) is 0 Å². The number of nitrogens with two attached hydrogens (primary N) is 2. The summed E-state index contributed by atoms with van der Waals surface area (Å²) in [6.45, 7) is 8.43. The lowest BCUT2D eigenvalue weighted by Crippen LogP contribution is -2.33. The summed E-state index contributed by atoms with van der Waals surface area (Å²) < 4.78 is 0. The highest BCUT2D eigenvalue weighted by Crippen LogP contribution is 2.20. The van der Waals surface area contributed by atoms with Crippen LogP contribution in [0.1, 0.15) is 33.6 Å². The molecule has 1 aromatic rings. The summed E-state index contributed by atoms with van der Waals surface area (Å²) in [7, 11) is 2.50. The van der Waals surface area contributed by atoms with Gasteiger partial charge in [-0.05, 0) is 25.8 Å². The second kappa shape index (κ2) is 14.0. The van der Waals surface area contributed by atoms with Gasteiger partial charge in [-0.25, -0.2) is 4.98 Å². The lowest BCUT2D eigenvalue weighted by Gasteiger charge is -2.30. The molecule has 2 heterocycles. The Morgan fingerprint density at radius 3 is 2.10 bits per heavy atom. The third-order valence-corrected chi connectivity index (χ3v) is 2.75. The zero-order chi connectivity index (χ0) is 16.0. The number of aliphatic hydroxyl groups is 1. The normalized spacial score (nSPS) is 13.8. The predicted octanol–water partition coefficient (Wildman–Crippen LogP) is 1.50. The van der Waals surface area contributed by atoms with E-state index in [0.29, 0.717) is 5.82 Å². The van der Waals surface area contributed by atoms with Gasteiger partial charge in [-0.15, -0.1) is 0 Å². The van der Waals surface area contributed by atoms with Crippen molar-refractivity contribution in [1.82, 2.24) is 9.97 Å². The van der Waals surface area contributed by atoms with Crippen molar-refractivity contribution in [2.75, 3.05) is 37.9 Å². The van der Waals surface area contributed by atoms with E-state index in [2.05, 4.69) is 27.5 Å². The van der Waals surface area contributed by atoms with Crippen molar-refractivity contribution in [1.29, 1.82) is 0 Å². The van der Waals surface area contributed by atoms with Crippen molar-refractivity contribution < 1.29 is 5.11 Å². The smallest absolute Gasteiger partial charge is 0.149 e. The molecule has 0 spiro atoms. The molecule has 118 valence electrons. The molecule has 0 atom stereocenters. The monoisotopic (exact) mass is 285 g/mol. The van der Waals surface area contributed by atoms with Crippen LogP contribution in [0.25, 0.3) is 0 Å².